The summed E-state index contributed by atoms with van der Waals surface area (Å²) in [5.74, 6) is -1.60. The van der Waals surface area contributed by atoms with E-state index in [9.17, 15) is 9.59 Å². The van der Waals surface area contributed by atoms with Crippen molar-refractivity contribution < 1.29 is 19.4 Å². The van der Waals surface area contributed by atoms with Crippen molar-refractivity contribution in [2.75, 3.05) is 7.11 Å². The van der Waals surface area contributed by atoms with Crippen LogP contribution in [0.25, 0.3) is 0 Å². The molecule has 0 aromatic heterocycles. The maximum atomic E-state index is 11.0. The van der Waals surface area contributed by atoms with E-state index >= 15 is 0 Å². The Morgan fingerprint density at radius 3 is 1.95 bits per heavy atom. The molecule has 0 aliphatic rings. The van der Waals surface area contributed by atoms with Gasteiger partial charge >= 0.3 is 11.9 Å². The van der Waals surface area contributed by atoms with Gasteiger partial charge in [0.05, 0.1) is 18.2 Å². The van der Waals surface area contributed by atoms with Crippen molar-refractivity contribution in [2.45, 2.75) is 52.4 Å². The molecule has 0 aliphatic carbocycles. The number of carboxylic acid groups (broad SMARTS) is 1. The van der Waals surface area contributed by atoms with Crippen molar-refractivity contribution in [2.24, 2.45) is 0 Å². The van der Waals surface area contributed by atoms with Crippen molar-refractivity contribution in [3.63, 3.8) is 0 Å². The van der Waals surface area contributed by atoms with Crippen molar-refractivity contribution in [1.29, 1.82) is 0 Å². The fraction of sp³-hybridized carbons (Fsp3) is 0.529. The standard InChI is InChI=1S/C9H8O4.C8H18/c1-13-9(12)7-4-2-3-6(5-7)8(10)11;1-3-5-7-8-6-4-2/h2-5H,1H3,(H,10,11);3-8H2,1-2H3. The number of carbonyl (C=O) groups excluding carboxylic acids is 1. The lowest BCUT2D eigenvalue weighted by Crippen LogP contribution is -2.03. The van der Waals surface area contributed by atoms with Gasteiger partial charge in [-0.1, -0.05) is 58.4 Å². The van der Waals surface area contributed by atoms with Crippen LogP contribution in [0.5, 0.6) is 0 Å². The van der Waals surface area contributed by atoms with Gasteiger partial charge in [0.1, 0.15) is 0 Å². The first kappa shape index (κ1) is 19.2. The molecule has 1 aromatic rings. The largest absolute Gasteiger partial charge is 0.478 e. The zero-order valence-electron chi connectivity index (χ0n) is 13.2. The summed E-state index contributed by atoms with van der Waals surface area (Å²) in [4.78, 5) is 21.5. The van der Waals surface area contributed by atoms with Gasteiger partial charge in [0.15, 0.2) is 0 Å². The molecule has 0 unspecified atom stereocenters. The first-order valence-electron chi connectivity index (χ1n) is 7.48. The molecule has 1 aromatic carbocycles. The van der Waals surface area contributed by atoms with E-state index in [1.165, 1.54) is 69.9 Å². The van der Waals surface area contributed by atoms with Gasteiger partial charge in [-0.25, -0.2) is 9.59 Å². The van der Waals surface area contributed by atoms with Crippen molar-refractivity contribution in [3.8, 4) is 0 Å². The highest BCUT2D eigenvalue weighted by Gasteiger charge is 2.08. The third kappa shape index (κ3) is 8.84. The summed E-state index contributed by atoms with van der Waals surface area (Å²) in [7, 11) is 1.25. The Balaban J connectivity index is 0.000000433. The number of unbranched alkanes of at least 4 members (excludes halogenated alkanes) is 5. The molecule has 0 spiro atoms. The van der Waals surface area contributed by atoms with Crippen LogP contribution in [-0.2, 0) is 4.74 Å². The van der Waals surface area contributed by atoms with Crippen molar-refractivity contribution in [3.05, 3.63) is 35.4 Å². The van der Waals surface area contributed by atoms with E-state index in [1.54, 1.807) is 0 Å². The van der Waals surface area contributed by atoms with Crippen LogP contribution in [0.2, 0.25) is 0 Å². The van der Waals surface area contributed by atoms with Crippen LogP contribution < -0.4 is 0 Å². The average molecular weight is 294 g/mol. The topological polar surface area (TPSA) is 63.6 Å². The fourth-order valence-electron chi connectivity index (χ4n) is 1.75. The molecule has 21 heavy (non-hydrogen) atoms. The smallest absolute Gasteiger partial charge is 0.337 e. The second-order valence-corrected chi connectivity index (χ2v) is 4.79. The number of esters is 1. The van der Waals surface area contributed by atoms with E-state index in [2.05, 4.69) is 18.6 Å². The van der Waals surface area contributed by atoms with Crippen LogP contribution in [0.15, 0.2) is 24.3 Å². The molecule has 0 aliphatic heterocycles. The highest BCUT2D eigenvalue weighted by molar-refractivity contribution is 5.94. The molecule has 1 N–H and O–H groups in total. The van der Waals surface area contributed by atoms with E-state index in [4.69, 9.17) is 5.11 Å². The number of ether oxygens (including phenoxy) is 1. The molecule has 0 heterocycles. The van der Waals surface area contributed by atoms with Crippen molar-refractivity contribution in [1.82, 2.24) is 0 Å². The van der Waals surface area contributed by atoms with Gasteiger partial charge in [-0.05, 0) is 18.2 Å². The molecule has 0 amide bonds. The van der Waals surface area contributed by atoms with Gasteiger partial charge in [-0.2, -0.15) is 0 Å². The van der Waals surface area contributed by atoms with Crippen LogP contribution in [0, 0.1) is 0 Å². The Morgan fingerprint density at radius 1 is 1.00 bits per heavy atom. The van der Waals surface area contributed by atoms with Gasteiger partial charge in [-0.15, -0.1) is 0 Å². The van der Waals surface area contributed by atoms with E-state index in [1.807, 2.05) is 0 Å². The minimum atomic E-state index is -1.06. The molecule has 118 valence electrons. The summed E-state index contributed by atoms with van der Waals surface area (Å²) >= 11 is 0. The first-order chi connectivity index (χ1) is 10.1. The van der Waals surface area contributed by atoms with Crippen molar-refractivity contribution >= 4 is 11.9 Å². The first-order valence-corrected chi connectivity index (χ1v) is 7.48. The van der Waals surface area contributed by atoms with Gasteiger partial charge in [0.25, 0.3) is 0 Å². The zero-order valence-corrected chi connectivity index (χ0v) is 13.2. The number of benzene rings is 1. The normalized spacial score (nSPS) is 9.48. The summed E-state index contributed by atoms with van der Waals surface area (Å²) in [6.45, 7) is 4.51. The molecule has 0 saturated heterocycles. The number of methoxy groups -OCH3 is 1. The second-order valence-electron chi connectivity index (χ2n) is 4.79. The predicted octanol–water partition coefficient (Wildman–Crippen LogP) is 4.54. The Kier molecular flexibility index (Phi) is 10.9. The van der Waals surface area contributed by atoms with Gasteiger partial charge in [0, 0.05) is 0 Å². The molecule has 0 atom stereocenters. The van der Waals surface area contributed by atoms with Crippen LogP contribution in [0.1, 0.15) is 73.1 Å². The zero-order chi connectivity index (χ0) is 16.1. The minimum absolute atomic E-state index is 0.0721. The molecule has 4 heteroatoms. The Labute approximate surface area is 127 Å². The lowest BCUT2D eigenvalue weighted by molar-refractivity contribution is 0.0600. The SMILES string of the molecule is CCCCCCCC.COC(=O)c1cccc(C(=O)O)c1. The van der Waals surface area contributed by atoms with Gasteiger partial charge in [-0.3, -0.25) is 0 Å². The Bertz CT molecular complexity index is 421. The third-order valence-electron chi connectivity index (χ3n) is 2.99. The number of carboxylic acids is 1. The lowest BCUT2D eigenvalue weighted by atomic mass is 10.1. The van der Waals surface area contributed by atoms with Crippen LogP contribution in [0.3, 0.4) is 0 Å². The molecular weight excluding hydrogens is 268 g/mol. The molecule has 0 bridgehead atoms. The predicted molar refractivity (Wildman–Crippen MR) is 83.8 cm³/mol. The minimum Gasteiger partial charge on any atom is -0.478 e. The molecule has 1 rings (SSSR count). The van der Waals surface area contributed by atoms with Gasteiger partial charge < -0.3 is 9.84 Å². The summed E-state index contributed by atoms with van der Waals surface area (Å²) in [6.07, 6.45) is 8.49. The number of hydrogen-bond donors (Lipinski definition) is 1. The van der Waals surface area contributed by atoms with Crippen LogP contribution in [-0.4, -0.2) is 24.2 Å². The molecule has 4 nitrogen and oxygen atoms in total. The Hall–Kier alpha value is -1.84. The Morgan fingerprint density at radius 2 is 1.52 bits per heavy atom. The van der Waals surface area contributed by atoms with E-state index in [-0.39, 0.29) is 11.1 Å². The summed E-state index contributed by atoms with van der Waals surface area (Å²) in [5, 5.41) is 8.61. The molecule has 0 fully saturated rings. The monoisotopic (exact) mass is 294 g/mol. The molecule has 0 radical (unpaired) electrons. The summed E-state index contributed by atoms with van der Waals surface area (Å²) in [6, 6.07) is 5.68. The van der Waals surface area contributed by atoms with Gasteiger partial charge in [0.2, 0.25) is 0 Å². The maximum absolute atomic E-state index is 11.0. The number of carbonyl (C=O) groups is 2. The summed E-state index contributed by atoms with van der Waals surface area (Å²) < 4.78 is 4.44. The quantitative estimate of drug-likeness (QED) is 0.592. The third-order valence-corrected chi connectivity index (χ3v) is 2.99. The molecule has 0 saturated carbocycles. The number of hydrogen-bond acceptors (Lipinski definition) is 3. The van der Waals surface area contributed by atoms with E-state index in [0.717, 1.165) is 0 Å². The highest BCUT2D eigenvalue weighted by atomic mass is 16.5. The fourth-order valence-corrected chi connectivity index (χ4v) is 1.75. The lowest BCUT2D eigenvalue weighted by Gasteiger charge is -1.99. The number of aromatic carboxylic acids is 1. The number of rotatable bonds is 7. The maximum Gasteiger partial charge on any atom is 0.337 e. The van der Waals surface area contributed by atoms with Crippen LogP contribution in [0.4, 0.5) is 0 Å². The van der Waals surface area contributed by atoms with E-state index < -0.39 is 11.9 Å². The van der Waals surface area contributed by atoms with Crippen LogP contribution >= 0.6 is 0 Å². The molecular formula is C17H26O4. The second kappa shape index (κ2) is 11.9. The summed E-state index contributed by atoms with van der Waals surface area (Å²) in [5.41, 5.74) is 0.310. The average Bonchev–Trinajstić information content (AvgIpc) is 2.51. The highest BCUT2D eigenvalue weighted by Crippen LogP contribution is 2.06. The van der Waals surface area contributed by atoms with E-state index in [0.29, 0.717) is 0 Å².